The summed E-state index contributed by atoms with van der Waals surface area (Å²) in [4.78, 5) is 0. The van der Waals surface area contributed by atoms with Crippen LogP contribution < -0.4 is 21.2 Å². The molecule has 0 spiro atoms. The summed E-state index contributed by atoms with van der Waals surface area (Å²) < 4.78 is 3.11. The van der Waals surface area contributed by atoms with Crippen LogP contribution in [0.4, 0.5) is 0 Å². The number of rotatable bonds is 1. The third kappa shape index (κ3) is 2.13. The summed E-state index contributed by atoms with van der Waals surface area (Å²) in [5.74, 6) is 0. The van der Waals surface area contributed by atoms with E-state index in [0.717, 1.165) is 5.25 Å². The molecule has 0 nitrogen and oxygen atoms in total. The Balaban J connectivity index is 2.13. The fourth-order valence-electron chi connectivity index (χ4n) is 0.792. The minimum atomic E-state index is 0.644. The molecule has 0 aliphatic carbocycles. The maximum atomic E-state index is 2.31. The topological polar surface area (TPSA) is 0 Å². The Kier molecular flexibility index (Phi) is 3.58. The maximum absolute atomic E-state index is 2.31. The Labute approximate surface area is 66.1 Å². The van der Waals surface area contributed by atoms with Crippen LogP contribution in [0.5, 0.6) is 0 Å². The average Bonchev–Trinajstić information content (AvgIpc) is 1.90. The van der Waals surface area contributed by atoms with Gasteiger partial charge in [-0.25, -0.2) is 0 Å². The molecule has 2 heteroatoms. The molecule has 1 rings (SSSR count). The van der Waals surface area contributed by atoms with E-state index in [-0.39, 0.29) is 0 Å². The van der Waals surface area contributed by atoms with Gasteiger partial charge < -0.3 is 0 Å². The quantitative estimate of drug-likeness (QED) is 0.418. The molecule has 0 aromatic rings. The van der Waals surface area contributed by atoms with Crippen LogP contribution in [0.1, 0.15) is 19.8 Å². The monoisotopic (exact) mass is 243 g/mol. The molecule has 0 radical (unpaired) electrons. The molecule has 1 fully saturated rings. The van der Waals surface area contributed by atoms with E-state index in [0.29, 0.717) is 21.2 Å². The standard InChI is InChI=1S/C6H12IS/c1-2-6-3-4-7-5-8-6/h6H,2-5H2,1H3/q-1. The van der Waals surface area contributed by atoms with E-state index in [9.17, 15) is 0 Å². The van der Waals surface area contributed by atoms with Crippen molar-refractivity contribution in [2.75, 3.05) is 8.19 Å². The predicted molar refractivity (Wildman–Crippen MR) is 36.0 cm³/mol. The number of thioether (sulfide) groups is 1. The second-order valence-electron chi connectivity index (χ2n) is 1.97. The van der Waals surface area contributed by atoms with E-state index in [1.807, 2.05) is 0 Å². The normalized spacial score (nSPS) is 31.4. The Morgan fingerprint density at radius 1 is 1.75 bits per heavy atom. The van der Waals surface area contributed by atoms with Crippen molar-refractivity contribution in [3.05, 3.63) is 0 Å². The third-order valence-electron chi connectivity index (χ3n) is 1.40. The number of halogens is 1. The van der Waals surface area contributed by atoms with Crippen LogP contribution in [0, 0.1) is 0 Å². The van der Waals surface area contributed by atoms with Gasteiger partial charge in [0.05, 0.1) is 0 Å². The molecule has 8 heavy (non-hydrogen) atoms. The van der Waals surface area contributed by atoms with E-state index >= 15 is 0 Å². The summed E-state index contributed by atoms with van der Waals surface area (Å²) in [7, 11) is 0. The fraction of sp³-hybridized carbons (Fsp3) is 1.00. The fourth-order valence-corrected chi connectivity index (χ4v) is 6.53. The Morgan fingerprint density at radius 3 is 3.00 bits per heavy atom. The molecule has 0 bridgehead atoms. The van der Waals surface area contributed by atoms with Crippen molar-refractivity contribution < 1.29 is 21.2 Å². The summed E-state index contributed by atoms with van der Waals surface area (Å²) in [6, 6.07) is 0. The van der Waals surface area contributed by atoms with Gasteiger partial charge in [-0.15, -0.1) is 0 Å². The zero-order valence-electron chi connectivity index (χ0n) is 5.19. The second-order valence-corrected chi connectivity index (χ2v) is 7.22. The zero-order chi connectivity index (χ0) is 5.82. The average molecular weight is 243 g/mol. The molecule has 1 saturated heterocycles. The van der Waals surface area contributed by atoms with Crippen molar-refractivity contribution in [2.45, 2.75) is 25.0 Å². The van der Waals surface area contributed by atoms with Gasteiger partial charge in [0.1, 0.15) is 0 Å². The molecule has 0 aromatic heterocycles. The van der Waals surface area contributed by atoms with Crippen LogP contribution in [-0.2, 0) is 0 Å². The Bertz CT molecular complexity index is 59.5. The summed E-state index contributed by atoms with van der Waals surface area (Å²) >= 11 is 2.86. The summed E-state index contributed by atoms with van der Waals surface area (Å²) in [6.07, 6.45) is 2.92. The molecule has 0 saturated carbocycles. The van der Waals surface area contributed by atoms with E-state index in [1.165, 1.54) is 16.6 Å². The third-order valence-corrected chi connectivity index (χ3v) is 6.50. The predicted octanol–water partition coefficient (Wildman–Crippen LogP) is -1.05. The van der Waals surface area contributed by atoms with Crippen molar-refractivity contribution in [1.29, 1.82) is 0 Å². The van der Waals surface area contributed by atoms with Gasteiger partial charge in [0.25, 0.3) is 0 Å². The van der Waals surface area contributed by atoms with Crippen molar-refractivity contribution in [3.63, 3.8) is 0 Å². The van der Waals surface area contributed by atoms with Gasteiger partial charge in [0.2, 0.25) is 0 Å². The van der Waals surface area contributed by atoms with Crippen molar-refractivity contribution >= 4 is 11.8 Å². The van der Waals surface area contributed by atoms with Gasteiger partial charge in [-0.3, -0.25) is 0 Å². The summed E-state index contributed by atoms with van der Waals surface area (Å²) in [6.45, 7) is 2.31. The minimum absolute atomic E-state index is 0.644. The molecule has 0 N–H and O–H groups in total. The van der Waals surface area contributed by atoms with Gasteiger partial charge in [-0.2, -0.15) is 0 Å². The zero-order valence-corrected chi connectivity index (χ0v) is 8.17. The molecule has 1 unspecified atom stereocenters. The van der Waals surface area contributed by atoms with E-state index in [4.69, 9.17) is 0 Å². The van der Waals surface area contributed by atoms with Crippen LogP contribution in [-0.4, -0.2) is 13.4 Å². The number of alkyl halides is 2. The van der Waals surface area contributed by atoms with Gasteiger partial charge in [-0.05, 0) is 0 Å². The molecule has 0 amide bonds. The molecule has 50 valence electrons. The van der Waals surface area contributed by atoms with Crippen molar-refractivity contribution in [1.82, 2.24) is 0 Å². The SMILES string of the molecule is CCC1CC[I-]CS1. The van der Waals surface area contributed by atoms with Gasteiger partial charge in [-0.1, -0.05) is 0 Å². The molecule has 1 atom stereocenters. The van der Waals surface area contributed by atoms with Crippen LogP contribution in [0.2, 0.25) is 0 Å². The van der Waals surface area contributed by atoms with Crippen LogP contribution in [0.15, 0.2) is 0 Å². The molecule has 0 aromatic carbocycles. The first-order valence-corrected chi connectivity index (χ1v) is 7.18. The van der Waals surface area contributed by atoms with Crippen LogP contribution in [0.3, 0.4) is 0 Å². The van der Waals surface area contributed by atoms with E-state index in [2.05, 4.69) is 18.7 Å². The van der Waals surface area contributed by atoms with Crippen LogP contribution >= 0.6 is 11.8 Å². The number of hydrogen-bond donors (Lipinski definition) is 0. The molecule has 1 aliphatic heterocycles. The molecular formula is C6H12IS-. The van der Waals surface area contributed by atoms with E-state index in [1.54, 1.807) is 4.43 Å². The summed E-state index contributed by atoms with van der Waals surface area (Å²) in [5, 5.41) is 1.03. The van der Waals surface area contributed by atoms with Crippen LogP contribution in [0.25, 0.3) is 0 Å². The molecule has 1 aliphatic rings. The number of hydrogen-bond acceptors (Lipinski definition) is 1. The van der Waals surface area contributed by atoms with Gasteiger partial charge in [0, 0.05) is 0 Å². The first kappa shape index (κ1) is 7.19. The second kappa shape index (κ2) is 3.99. The van der Waals surface area contributed by atoms with Gasteiger partial charge in [0.15, 0.2) is 0 Å². The van der Waals surface area contributed by atoms with Crippen molar-refractivity contribution in [2.24, 2.45) is 0 Å². The first-order chi connectivity index (χ1) is 3.93. The Morgan fingerprint density at radius 2 is 2.62 bits per heavy atom. The molecular weight excluding hydrogens is 231 g/mol. The van der Waals surface area contributed by atoms with Gasteiger partial charge >= 0.3 is 66.2 Å². The molecule has 1 heterocycles. The first-order valence-electron chi connectivity index (χ1n) is 3.08. The van der Waals surface area contributed by atoms with Crippen molar-refractivity contribution in [3.8, 4) is 0 Å². The Hall–Kier alpha value is 1.08. The van der Waals surface area contributed by atoms with E-state index < -0.39 is 0 Å². The summed E-state index contributed by atoms with van der Waals surface area (Å²) in [5.41, 5.74) is 0.